The molecule has 22 heavy (non-hydrogen) atoms. The summed E-state index contributed by atoms with van der Waals surface area (Å²) in [6, 6.07) is 11.7. The highest BCUT2D eigenvalue weighted by Crippen LogP contribution is 2.23. The third-order valence-electron chi connectivity index (χ3n) is 3.64. The Kier molecular flexibility index (Phi) is 4.23. The van der Waals surface area contributed by atoms with Crippen LogP contribution in [0, 0.1) is 0 Å². The summed E-state index contributed by atoms with van der Waals surface area (Å²) in [5.41, 5.74) is 7.53. The van der Waals surface area contributed by atoms with E-state index in [9.17, 15) is 4.79 Å². The van der Waals surface area contributed by atoms with Crippen LogP contribution in [-0.4, -0.2) is 23.3 Å². The Morgan fingerprint density at radius 3 is 2.91 bits per heavy atom. The Hall–Kier alpha value is -2.56. The lowest BCUT2D eigenvalue weighted by Crippen LogP contribution is -2.13. The van der Waals surface area contributed by atoms with Gasteiger partial charge in [0.1, 0.15) is 5.69 Å². The van der Waals surface area contributed by atoms with Crippen molar-refractivity contribution in [1.29, 1.82) is 0 Å². The van der Waals surface area contributed by atoms with E-state index in [0.717, 1.165) is 41.9 Å². The molecule has 0 bridgehead atoms. The lowest BCUT2D eigenvalue weighted by molar-refractivity contribution is 0.0520. The molecule has 3 rings (SSSR count). The highest BCUT2D eigenvalue weighted by molar-refractivity contribution is 6.03. The second-order valence-corrected chi connectivity index (χ2v) is 5.19. The van der Waals surface area contributed by atoms with Crippen molar-refractivity contribution in [2.24, 2.45) is 5.10 Å². The molecular formula is C17H19N3O2. The number of carbonyl (C=O) groups is 1. The average molecular weight is 297 g/mol. The van der Waals surface area contributed by atoms with Crippen molar-refractivity contribution >= 4 is 17.4 Å². The summed E-state index contributed by atoms with van der Waals surface area (Å²) >= 11 is 0. The van der Waals surface area contributed by atoms with Gasteiger partial charge < -0.3 is 9.72 Å². The number of benzene rings is 1. The number of aromatic nitrogens is 1. The molecule has 0 amide bonds. The number of hydrogen-bond donors (Lipinski definition) is 2. The van der Waals surface area contributed by atoms with Crippen molar-refractivity contribution in [3.05, 3.63) is 53.3 Å². The maximum atomic E-state index is 11.8. The number of nitrogens with zero attached hydrogens (tertiary/aromatic N) is 1. The Morgan fingerprint density at radius 1 is 1.32 bits per heavy atom. The molecule has 0 spiro atoms. The minimum Gasteiger partial charge on any atom is -0.461 e. The van der Waals surface area contributed by atoms with Crippen molar-refractivity contribution in [3.63, 3.8) is 0 Å². The first-order valence-corrected chi connectivity index (χ1v) is 7.55. The predicted octanol–water partition coefficient (Wildman–Crippen LogP) is 3.34. The van der Waals surface area contributed by atoms with E-state index >= 15 is 0 Å². The average Bonchev–Trinajstić information content (AvgIpc) is 2.99. The van der Waals surface area contributed by atoms with Crippen LogP contribution in [0.5, 0.6) is 0 Å². The third-order valence-corrected chi connectivity index (χ3v) is 3.64. The molecule has 0 unspecified atom stereocenters. The highest BCUT2D eigenvalue weighted by Gasteiger charge is 2.21. The van der Waals surface area contributed by atoms with Gasteiger partial charge in [0.25, 0.3) is 0 Å². The van der Waals surface area contributed by atoms with Gasteiger partial charge in [-0.05, 0) is 49.9 Å². The van der Waals surface area contributed by atoms with E-state index in [0.29, 0.717) is 12.3 Å². The molecule has 2 aromatic rings. The van der Waals surface area contributed by atoms with Crippen LogP contribution in [0.4, 0.5) is 5.69 Å². The van der Waals surface area contributed by atoms with Crippen molar-refractivity contribution in [2.75, 3.05) is 12.0 Å². The fourth-order valence-electron chi connectivity index (χ4n) is 2.60. The van der Waals surface area contributed by atoms with Gasteiger partial charge in [0.2, 0.25) is 0 Å². The van der Waals surface area contributed by atoms with E-state index in [-0.39, 0.29) is 5.97 Å². The van der Waals surface area contributed by atoms with Crippen LogP contribution in [0.1, 0.15) is 41.5 Å². The van der Waals surface area contributed by atoms with E-state index in [2.05, 4.69) is 15.5 Å². The van der Waals surface area contributed by atoms with Crippen LogP contribution in [0.2, 0.25) is 0 Å². The molecule has 0 atom stereocenters. The van der Waals surface area contributed by atoms with Crippen LogP contribution in [-0.2, 0) is 11.2 Å². The fourth-order valence-corrected chi connectivity index (χ4v) is 2.60. The first-order valence-electron chi connectivity index (χ1n) is 7.55. The highest BCUT2D eigenvalue weighted by atomic mass is 16.5. The molecular weight excluding hydrogens is 278 g/mol. The largest absolute Gasteiger partial charge is 0.461 e. The summed E-state index contributed by atoms with van der Waals surface area (Å²) in [6.07, 6.45) is 2.87. The number of aromatic amines is 1. The van der Waals surface area contributed by atoms with Gasteiger partial charge in [0, 0.05) is 0 Å². The zero-order valence-corrected chi connectivity index (χ0v) is 12.6. The number of ether oxygens (including phenoxy) is 1. The number of aryl methyl sites for hydroxylation is 1. The lowest BCUT2D eigenvalue weighted by atomic mass is 9.96. The number of H-pyrrole nitrogens is 1. The summed E-state index contributed by atoms with van der Waals surface area (Å²) < 4.78 is 5.04. The molecule has 0 aliphatic heterocycles. The zero-order valence-electron chi connectivity index (χ0n) is 12.6. The van der Waals surface area contributed by atoms with Crippen LogP contribution in [0.3, 0.4) is 0 Å². The standard InChI is InChI=1S/C17H19N3O2/c1-2-22-17(21)15-11-12-7-6-10-14(16(12)18-15)20-19-13-8-4-3-5-9-13/h3-5,8-9,11,18-19H,2,6-7,10H2,1H3/b20-14+. The minimum absolute atomic E-state index is 0.313. The topological polar surface area (TPSA) is 66.5 Å². The van der Waals surface area contributed by atoms with Crippen molar-refractivity contribution in [3.8, 4) is 0 Å². The molecule has 5 heteroatoms. The summed E-state index contributed by atoms with van der Waals surface area (Å²) in [5.74, 6) is -0.313. The van der Waals surface area contributed by atoms with Gasteiger partial charge in [-0.1, -0.05) is 18.2 Å². The van der Waals surface area contributed by atoms with Crippen molar-refractivity contribution in [1.82, 2.24) is 4.98 Å². The van der Waals surface area contributed by atoms with E-state index in [1.165, 1.54) is 0 Å². The second kappa shape index (κ2) is 6.47. The number of anilines is 1. The van der Waals surface area contributed by atoms with Crippen LogP contribution < -0.4 is 5.43 Å². The van der Waals surface area contributed by atoms with Crippen LogP contribution in [0.15, 0.2) is 41.5 Å². The fraction of sp³-hybridized carbons (Fsp3) is 0.294. The smallest absolute Gasteiger partial charge is 0.354 e. The number of rotatable bonds is 4. The summed E-state index contributed by atoms with van der Waals surface area (Å²) in [5, 5.41) is 4.50. The third kappa shape index (κ3) is 3.03. The maximum absolute atomic E-state index is 11.8. The molecule has 5 nitrogen and oxygen atoms in total. The molecule has 1 aliphatic carbocycles. The Labute approximate surface area is 129 Å². The van der Waals surface area contributed by atoms with Crippen molar-refractivity contribution < 1.29 is 9.53 Å². The second-order valence-electron chi connectivity index (χ2n) is 5.19. The molecule has 0 radical (unpaired) electrons. The molecule has 1 heterocycles. The number of carbonyl (C=O) groups excluding carboxylic acids is 1. The molecule has 0 saturated carbocycles. The number of hydrogen-bond acceptors (Lipinski definition) is 4. The van der Waals surface area contributed by atoms with Gasteiger partial charge in [-0.15, -0.1) is 0 Å². The Bertz CT molecular complexity index is 689. The quantitative estimate of drug-likeness (QED) is 0.672. The van der Waals surface area contributed by atoms with Gasteiger partial charge >= 0.3 is 5.97 Å². The van der Waals surface area contributed by atoms with Gasteiger partial charge in [-0.3, -0.25) is 5.43 Å². The monoisotopic (exact) mass is 297 g/mol. The molecule has 114 valence electrons. The molecule has 0 saturated heterocycles. The molecule has 0 fully saturated rings. The Morgan fingerprint density at radius 2 is 2.14 bits per heavy atom. The molecule has 2 N–H and O–H groups in total. The first-order chi connectivity index (χ1) is 10.8. The van der Waals surface area contributed by atoms with Gasteiger partial charge in [-0.25, -0.2) is 4.79 Å². The van der Waals surface area contributed by atoms with Crippen LogP contribution >= 0.6 is 0 Å². The van der Waals surface area contributed by atoms with Gasteiger partial charge in [-0.2, -0.15) is 5.10 Å². The molecule has 1 aromatic carbocycles. The predicted molar refractivity (Wildman–Crippen MR) is 86.3 cm³/mol. The van der Waals surface area contributed by atoms with Gasteiger partial charge in [0.05, 0.1) is 23.7 Å². The van der Waals surface area contributed by atoms with E-state index in [1.807, 2.05) is 36.4 Å². The van der Waals surface area contributed by atoms with Gasteiger partial charge in [0.15, 0.2) is 0 Å². The number of fused-ring (bicyclic) bond motifs is 1. The normalized spacial score (nSPS) is 15.4. The SMILES string of the molecule is CCOC(=O)c1cc2c([nH]1)/C(=N/Nc1ccccc1)CCC2. The minimum atomic E-state index is -0.313. The molecule has 1 aliphatic rings. The number of nitrogens with one attached hydrogen (secondary N) is 2. The maximum Gasteiger partial charge on any atom is 0.354 e. The lowest BCUT2D eigenvalue weighted by Gasteiger charge is -2.13. The molecule has 1 aromatic heterocycles. The Balaban J connectivity index is 1.83. The summed E-state index contributed by atoms with van der Waals surface area (Å²) in [7, 11) is 0. The van der Waals surface area contributed by atoms with E-state index < -0.39 is 0 Å². The summed E-state index contributed by atoms with van der Waals surface area (Å²) in [6.45, 7) is 2.18. The number of para-hydroxylation sites is 1. The van der Waals surface area contributed by atoms with E-state index in [1.54, 1.807) is 6.92 Å². The number of esters is 1. The zero-order chi connectivity index (χ0) is 15.4. The van der Waals surface area contributed by atoms with E-state index in [4.69, 9.17) is 4.74 Å². The number of hydrazone groups is 1. The van der Waals surface area contributed by atoms with Crippen molar-refractivity contribution in [2.45, 2.75) is 26.2 Å². The summed E-state index contributed by atoms with van der Waals surface area (Å²) in [4.78, 5) is 15.0. The first kappa shape index (κ1) is 14.4. The van der Waals surface area contributed by atoms with Crippen LogP contribution in [0.25, 0.3) is 0 Å².